The minimum Gasteiger partial charge on any atom is -0.478 e. The number of amides is 1. The summed E-state index contributed by atoms with van der Waals surface area (Å²) in [4.78, 5) is 48.2. The predicted molar refractivity (Wildman–Crippen MR) is 145 cm³/mol. The average Bonchev–Trinajstić information content (AvgIpc) is 3.40. The number of nitrogens with zero attached hydrogens (tertiary/aromatic N) is 2. The molecule has 2 rings (SSSR count). The van der Waals surface area contributed by atoms with Crippen molar-refractivity contribution in [3.8, 4) is 0 Å². The quantitative estimate of drug-likeness (QED) is 0.191. The molecule has 9 heteroatoms. The van der Waals surface area contributed by atoms with E-state index in [2.05, 4.69) is 18.8 Å². The van der Waals surface area contributed by atoms with Gasteiger partial charge in [-0.3, -0.25) is 14.6 Å². The Labute approximate surface area is 221 Å². The van der Waals surface area contributed by atoms with Gasteiger partial charge in [-0.2, -0.15) is 0 Å². The molecule has 0 spiro atoms. The van der Waals surface area contributed by atoms with Crippen LogP contribution in [0.25, 0.3) is 0 Å². The molecule has 0 radical (unpaired) electrons. The molecule has 4 atom stereocenters. The van der Waals surface area contributed by atoms with Gasteiger partial charge in [0.1, 0.15) is 17.8 Å². The maximum atomic E-state index is 12.1. The smallest absolute Gasteiger partial charge is 0.336 e. The first-order valence-electron chi connectivity index (χ1n) is 12.7. The fraction of sp³-hybridized carbons (Fsp3) is 0.536. The highest BCUT2D eigenvalue weighted by Gasteiger charge is 2.39. The number of amidine groups is 1. The molecule has 0 aliphatic carbocycles. The van der Waals surface area contributed by atoms with Crippen molar-refractivity contribution in [2.45, 2.75) is 72.6 Å². The van der Waals surface area contributed by atoms with Gasteiger partial charge >= 0.3 is 12.4 Å². The molecular formula is C28H44N3O6+. The van der Waals surface area contributed by atoms with Gasteiger partial charge in [0.25, 0.3) is 0 Å². The van der Waals surface area contributed by atoms with E-state index in [1.807, 2.05) is 20.8 Å². The number of hydrogen-bond acceptors (Lipinski definition) is 6. The molecule has 1 aliphatic rings. The summed E-state index contributed by atoms with van der Waals surface area (Å²) >= 11 is 0. The highest BCUT2D eigenvalue weighted by atomic mass is 16.5. The topological polar surface area (TPSA) is 136 Å². The molecule has 1 aromatic rings. The van der Waals surface area contributed by atoms with Gasteiger partial charge in [0.15, 0.2) is 6.29 Å². The standard InChI is InChI=1S/C18H32N3O3.C8H6O3.C2H6/c1-13(2)14(3)16(23)8-6-15-7-9-18(24-15)21(5,12-22)11-10-17(19)20-4;9-5-6-3-1-2-4-7(6)8(10)11;1-2/h10-15,18H,6-9H2,1-5H3,(H2,19,20);1-5H,(H,10,11);1-2H3/q+1;;/b11-10-;;. The van der Waals surface area contributed by atoms with Crippen LogP contribution in [0, 0.1) is 11.8 Å². The van der Waals surface area contributed by atoms with Crippen molar-refractivity contribution in [3.63, 3.8) is 0 Å². The highest BCUT2D eigenvalue weighted by molar-refractivity contribution is 5.97. The lowest BCUT2D eigenvalue weighted by atomic mass is 9.90. The maximum absolute atomic E-state index is 12.1. The van der Waals surface area contributed by atoms with Crippen LogP contribution in [0.4, 0.5) is 0 Å². The zero-order valence-corrected chi connectivity index (χ0v) is 23.2. The van der Waals surface area contributed by atoms with E-state index in [0.717, 1.165) is 19.3 Å². The third-order valence-corrected chi connectivity index (χ3v) is 6.30. The number of carboxylic acid groups (broad SMARTS) is 1. The van der Waals surface area contributed by atoms with E-state index < -0.39 is 5.97 Å². The van der Waals surface area contributed by atoms with Gasteiger partial charge in [-0.15, -0.1) is 0 Å². The van der Waals surface area contributed by atoms with Crippen molar-refractivity contribution in [1.82, 2.24) is 0 Å². The van der Waals surface area contributed by atoms with Gasteiger partial charge in [-0.05, 0) is 24.8 Å². The summed E-state index contributed by atoms with van der Waals surface area (Å²) in [6.07, 6.45) is 7.38. The lowest BCUT2D eigenvalue weighted by molar-refractivity contribution is -0.826. The number of rotatable bonds is 11. The van der Waals surface area contributed by atoms with Crippen LogP contribution < -0.4 is 5.73 Å². The molecule has 1 fully saturated rings. The van der Waals surface area contributed by atoms with Gasteiger partial charge in [-0.25, -0.2) is 14.1 Å². The Morgan fingerprint density at radius 3 is 2.30 bits per heavy atom. The summed E-state index contributed by atoms with van der Waals surface area (Å²) in [6, 6.07) is 6.06. The first-order chi connectivity index (χ1) is 17.5. The summed E-state index contributed by atoms with van der Waals surface area (Å²) in [5.41, 5.74) is 5.91. The Morgan fingerprint density at radius 1 is 1.19 bits per heavy atom. The Balaban J connectivity index is 0.000000827. The van der Waals surface area contributed by atoms with Crippen molar-refractivity contribution < 1.29 is 33.5 Å². The average molecular weight is 519 g/mol. The molecule has 1 saturated heterocycles. The summed E-state index contributed by atoms with van der Waals surface area (Å²) < 4.78 is 6.03. The predicted octanol–water partition coefficient (Wildman–Crippen LogP) is 4.46. The number of nitrogens with two attached hydrogens (primary N) is 1. The first-order valence-corrected chi connectivity index (χ1v) is 12.7. The van der Waals surface area contributed by atoms with Crippen LogP contribution in [-0.4, -0.2) is 66.3 Å². The van der Waals surface area contributed by atoms with E-state index in [9.17, 15) is 19.2 Å². The van der Waals surface area contributed by atoms with Crippen LogP contribution in [0.1, 0.15) is 81.0 Å². The molecule has 1 aromatic carbocycles. The third-order valence-electron chi connectivity index (χ3n) is 6.30. The Kier molecular flexibility index (Phi) is 15.8. The lowest BCUT2D eigenvalue weighted by Gasteiger charge is -2.29. The van der Waals surface area contributed by atoms with Crippen LogP contribution in [0.15, 0.2) is 41.5 Å². The molecular weight excluding hydrogens is 474 g/mol. The van der Waals surface area contributed by atoms with Crippen LogP contribution >= 0.6 is 0 Å². The second kappa shape index (κ2) is 17.3. The number of ether oxygens (including phenoxy) is 1. The van der Waals surface area contributed by atoms with E-state index in [0.29, 0.717) is 30.9 Å². The van der Waals surface area contributed by atoms with Crippen molar-refractivity contribution in [2.75, 3.05) is 14.1 Å². The molecule has 0 aromatic heterocycles. The lowest BCUT2D eigenvalue weighted by Crippen LogP contribution is -2.47. The number of aromatic carboxylic acids is 1. The van der Waals surface area contributed by atoms with Crippen LogP contribution in [0.3, 0.4) is 0 Å². The van der Waals surface area contributed by atoms with E-state index in [4.69, 9.17) is 15.6 Å². The molecule has 1 amide bonds. The summed E-state index contributed by atoms with van der Waals surface area (Å²) in [7, 11) is 3.38. The number of benzene rings is 1. The van der Waals surface area contributed by atoms with E-state index in [1.165, 1.54) is 12.1 Å². The zero-order chi connectivity index (χ0) is 28.6. The van der Waals surface area contributed by atoms with E-state index >= 15 is 0 Å². The van der Waals surface area contributed by atoms with Crippen molar-refractivity contribution in [3.05, 3.63) is 47.7 Å². The molecule has 37 heavy (non-hydrogen) atoms. The number of Topliss-reactive ketones (excluding diaryl/α,β-unsaturated/α-hetero) is 1. The number of ketones is 1. The Morgan fingerprint density at radius 2 is 1.81 bits per heavy atom. The van der Waals surface area contributed by atoms with Gasteiger partial charge < -0.3 is 15.6 Å². The monoisotopic (exact) mass is 518 g/mol. The summed E-state index contributed by atoms with van der Waals surface area (Å²) in [5.74, 6) is 0.0197. The zero-order valence-electron chi connectivity index (χ0n) is 23.2. The van der Waals surface area contributed by atoms with Crippen molar-refractivity contribution >= 4 is 30.3 Å². The van der Waals surface area contributed by atoms with Crippen LogP contribution in [-0.2, 0) is 14.3 Å². The van der Waals surface area contributed by atoms with E-state index in [1.54, 1.807) is 38.5 Å². The summed E-state index contributed by atoms with van der Waals surface area (Å²) in [5, 5.41) is 8.54. The largest absolute Gasteiger partial charge is 0.478 e. The van der Waals surface area contributed by atoms with E-state index in [-0.39, 0.29) is 39.6 Å². The van der Waals surface area contributed by atoms with Crippen LogP contribution in [0.5, 0.6) is 0 Å². The maximum Gasteiger partial charge on any atom is 0.336 e. The highest BCUT2D eigenvalue weighted by Crippen LogP contribution is 2.29. The molecule has 1 heterocycles. The number of carboxylic acids is 1. The normalized spacial score (nSPS) is 19.6. The number of carbonyl (C=O) groups is 4. The van der Waals surface area contributed by atoms with Gasteiger partial charge in [0.2, 0.25) is 6.23 Å². The Bertz CT molecular complexity index is 944. The molecule has 9 nitrogen and oxygen atoms in total. The molecule has 3 N–H and O–H groups in total. The second-order valence-electron chi connectivity index (χ2n) is 9.13. The number of carbonyl (C=O) groups excluding carboxylic acids is 3. The van der Waals surface area contributed by atoms with Gasteiger partial charge in [0, 0.05) is 37.4 Å². The SMILES string of the molecule is CC.CN=C(N)/C=C\[N+](C)(C=O)C1CCC(CCC(=O)C(C)C(C)C)O1.O=Cc1ccccc1C(=O)O. The van der Waals surface area contributed by atoms with Crippen molar-refractivity contribution in [1.29, 1.82) is 0 Å². The second-order valence-corrected chi connectivity index (χ2v) is 9.13. The number of aldehydes is 1. The van der Waals surface area contributed by atoms with Crippen LogP contribution in [0.2, 0.25) is 0 Å². The third kappa shape index (κ3) is 11.2. The number of quaternary nitrogens is 1. The molecule has 206 valence electrons. The number of aliphatic imine (C=N–C) groups is 1. The molecule has 0 saturated carbocycles. The first kappa shape index (κ1) is 33.8. The van der Waals surface area contributed by atoms with Gasteiger partial charge in [-0.1, -0.05) is 52.8 Å². The van der Waals surface area contributed by atoms with Gasteiger partial charge in [0.05, 0.1) is 18.7 Å². The fourth-order valence-electron chi connectivity index (χ4n) is 3.52. The fourth-order valence-corrected chi connectivity index (χ4v) is 3.52. The summed E-state index contributed by atoms with van der Waals surface area (Å²) in [6.45, 7) is 10.1. The Hall–Kier alpha value is -3.17. The molecule has 0 bridgehead atoms. The molecule has 1 aliphatic heterocycles. The number of hydrogen-bond donors (Lipinski definition) is 2. The minimum atomic E-state index is -1.08. The minimum absolute atomic E-state index is 0.00304. The molecule has 4 unspecified atom stereocenters. The van der Waals surface area contributed by atoms with Crippen molar-refractivity contribution in [2.24, 2.45) is 22.6 Å².